The summed E-state index contributed by atoms with van der Waals surface area (Å²) < 4.78 is 0. The third-order valence-corrected chi connectivity index (χ3v) is 2.83. The van der Waals surface area contributed by atoms with Crippen molar-refractivity contribution in [1.29, 1.82) is 0 Å². The molecule has 2 aromatic rings. The molecule has 0 aliphatic carbocycles. The van der Waals surface area contributed by atoms with Crippen LogP contribution in [0.2, 0.25) is 5.02 Å². The largest absolute Gasteiger partial charge is 0.298 e. The highest BCUT2D eigenvalue weighted by Gasteiger charge is 2.07. The zero-order valence-corrected chi connectivity index (χ0v) is 9.66. The van der Waals surface area contributed by atoms with E-state index in [0.717, 1.165) is 23.0 Å². The maximum absolute atomic E-state index is 11.0. The van der Waals surface area contributed by atoms with Gasteiger partial charge in [-0.2, -0.15) is 0 Å². The van der Waals surface area contributed by atoms with Crippen molar-refractivity contribution in [3.8, 4) is 11.1 Å². The summed E-state index contributed by atoms with van der Waals surface area (Å²) in [5.41, 5.74) is 3.56. The fourth-order valence-corrected chi connectivity index (χ4v) is 1.92. The second kappa shape index (κ2) is 4.50. The lowest BCUT2D eigenvalue weighted by atomic mass is 9.98. The van der Waals surface area contributed by atoms with E-state index >= 15 is 0 Å². The zero-order chi connectivity index (χ0) is 11.5. The minimum absolute atomic E-state index is 0.663. The molecule has 0 fully saturated rings. The van der Waals surface area contributed by atoms with Gasteiger partial charge in [-0.1, -0.05) is 53.6 Å². The van der Waals surface area contributed by atoms with Gasteiger partial charge in [0.15, 0.2) is 6.29 Å². The first-order valence-electron chi connectivity index (χ1n) is 5.03. The van der Waals surface area contributed by atoms with Crippen LogP contribution >= 0.6 is 11.6 Å². The van der Waals surface area contributed by atoms with E-state index in [9.17, 15) is 4.79 Å². The van der Waals surface area contributed by atoms with Crippen LogP contribution in [0.25, 0.3) is 11.1 Å². The molecule has 0 aliphatic rings. The van der Waals surface area contributed by atoms with Crippen molar-refractivity contribution < 1.29 is 4.79 Å². The van der Waals surface area contributed by atoms with Gasteiger partial charge in [-0.15, -0.1) is 0 Å². The molecular formula is C14H11ClO. The van der Waals surface area contributed by atoms with Crippen molar-refractivity contribution in [3.63, 3.8) is 0 Å². The first kappa shape index (κ1) is 10.9. The molecule has 0 saturated heterocycles. The van der Waals surface area contributed by atoms with Gasteiger partial charge in [-0.25, -0.2) is 0 Å². The summed E-state index contributed by atoms with van der Waals surface area (Å²) in [5.74, 6) is 0. The number of rotatable bonds is 2. The minimum Gasteiger partial charge on any atom is -0.298 e. The molecule has 2 heteroatoms. The van der Waals surface area contributed by atoms with E-state index in [1.165, 1.54) is 0 Å². The van der Waals surface area contributed by atoms with Crippen LogP contribution in [-0.4, -0.2) is 6.29 Å². The van der Waals surface area contributed by atoms with Gasteiger partial charge >= 0.3 is 0 Å². The van der Waals surface area contributed by atoms with Gasteiger partial charge in [0, 0.05) is 16.1 Å². The Labute approximate surface area is 99.7 Å². The molecule has 2 aromatic carbocycles. The smallest absolute Gasteiger partial charge is 0.150 e. The zero-order valence-electron chi connectivity index (χ0n) is 8.91. The topological polar surface area (TPSA) is 17.1 Å². The van der Waals surface area contributed by atoms with Gasteiger partial charge in [-0.05, 0) is 18.6 Å². The van der Waals surface area contributed by atoms with Crippen LogP contribution < -0.4 is 0 Å². The average Bonchev–Trinajstić information content (AvgIpc) is 2.29. The summed E-state index contributed by atoms with van der Waals surface area (Å²) in [6.45, 7) is 1.99. The summed E-state index contributed by atoms with van der Waals surface area (Å²) >= 11 is 6.12. The molecule has 2 rings (SSSR count). The third kappa shape index (κ3) is 2.00. The molecule has 16 heavy (non-hydrogen) atoms. The molecule has 0 saturated carbocycles. The second-order valence-corrected chi connectivity index (χ2v) is 4.10. The summed E-state index contributed by atoms with van der Waals surface area (Å²) in [5, 5.41) is 0.663. The van der Waals surface area contributed by atoms with Gasteiger partial charge in [-0.3, -0.25) is 4.79 Å². The first-order chi connectivity index (χ1) is 7.72. The Morgan fingerprint density at radius 1 is 1.06 bits per heavy atom. The molecule has 0 heterocycles. The van der Waals surface area contributed by atoms with Crippen LogP contribution in [0.3, 0.4) is 0 Å². The quantitative estimate of drug-likeness (QED) is 0.709. The highest BCUT2D eigenvalue weighted by molar-refractivity contribution is 6.33. The van der Waals surface area contributed by atoms with Crippen LogP contribution in [-0.2, 0) is 0 Å². The van der Waals surface area contributed by atoms with Crippen molar-refractivity contribution in [2.75, 3.05) is 0 Å². The van der Waals surface area contributed by atoms with E-state index in [-0.39, 0.29) is 0 Å². The van der Waals surface area contributed by atoms with Gasteiger partial charge in [0.05, 0.1) is 0 Å². The van der Waals surface area contributed by atoms with Crippen molar-refractivity contribution >= 4 is 17.9 Å². The summed E-state index contributed by atoms with van der Waals surface area (Å²) in [6.07, 6.45) is 0.859. The van der Waals surface area contributed by atoms with Gasteiger partial charge in [0.25, 0.3) is 0 Å². The van der Waals surface area contributed by atoms with E-state index in [1.807, 2.05) is 49.4 Å². The molecule has 0 atom stereocenters. The maximum atomic E-state index is 11.0. The number of hydrogen-bond acceptors (Lipinski definition) is 1. The number of aryl methyl sites for hydroxylation is 1. The summed E-state index contributed by atoms with van der Waals surface area (Å²) in [6, 6.07) is 13.3. The van der Waals surface area contributed by atoms with Crippen LogP contribution in [0.15, 0.2) is 42.5 Å². The Balaban J connectivity index is 2.67. The van der Waals surface area contributed by atoms with Crippen LogP contribution in [0.5, 0.6) is 0 Å². The van der Waals surface area contributed by atoms with Crippen LogP contribution in [0.1, 0.15) is 15.9 Å². The molecule has 0 aromatic heterocycles. The van der Waals surface area contributed by atoms with Crippen molar-refractivity contribution in [2.45, 2.75) is 6.92 Å². The molecule has 1 nitrogen and oxygen atoms in total. The molecule has 0 aliphatic heterocycles. The lowest BCUT2D eigenvalue weighted by molar-refractivity contribution is 0.112. The van der Waals surface area contributed by atoms with Crippen LogP contribution in [0.4, 0.5) is 0 Å². The molecule has 0 radical (unpaired) electrons. The number of benzene rings is 2. The Hall–Kier alpha value is -1.60. The highest BCUT2D eigenvalue weighted by atomic mass is 35.5. The molecule has 80 valence electrons. The Morgan fingerprint density at radius 2 is 1.81 bits per heavy atom. The van der Waals surface area contributed by atoms with Gasteiger partial charge < -0.3 is 0 Å². The predicted molar refractivity (Wildman–Crippen MR) is 67.0 cm³/mol. The summed E-state index contributed by atoms with van der Waals surface area (Å²) in [4.78, 5) is 11.0. The van der Waals surface area contributed by atoms with E-state index in [4.69, 9.17) is 11.6 Å². The average molecular weight is 231 g/mol. The minimum atomic E-state index is 0.663. The number of carbonyl (C=O) groups is 1. The van der Waals surface area contributed by atoms with E-state index < -0.39 is 0 Å². The third-order valence-electron chi connectivity index (χ3n) is 2.50. The van der Waals surface area contributed by atoms with Crippen molar-refractivity contribution in [1.82, 2.24) is 0 Å². The number of hydrogen-bond donors (Lipinski definition) is 0. The molecule has 0 amide bonds. The first-order valence-corrected chi connectivity index (χ1v) is 5.41. The standard InChI is InChI=1S/C14H11ClO/c1-10-6-7-11(9-16)13(8-10)12-4-2-3-5-14(12)15/h2-9H,1H3. The highest BCUT2D eigenvalue weighted by Crippen LogP contribution is 2.30. The van der Waals surface area contributed by atoms with E-state index in [2.05, 4.69) is 0 Å². The number of halogens is 1. The van der Waals surface area contributed by atoms with Gasteiger partial charge in [0.1, 0.15) is 0 Å². The predicted octanol–water partition coefficient (Wildman–Crippen LogP) is 4.13. The normalized spacial score (nSPS) is 10.1. The molecule has 0 unspecified atom stereocenters. The maximum Gasteiger partial charge on any atom is 0.150 e. The summed E-state index contributed by atoms with van der Waals surface area (Å²) in [7, 11) is 0. The van der Waals surface area contributed by atoms with Crippen molar-refractivity contribution in [3.05, 3.63) is 58.6 Å². The number of aldehydes is 1. The molecule has 0 bridgehead atoms. The lowest BCUT2D eigenvalue weighted by Crippen LogP contribution is -1.89. The molecule has 0 N–H and O–H groups in total. The second-order valence-electron chi connectivity index (χ2n) is 3.69. The van der Waals surface area contributed by atoms with Crippen molar-refractivity contribution in [2.24, 2.45) is 0 Å². The fraction of sp³-hybridized carbons (Fsp3) is 0.0714. The van der Waals surface area contributed by atoms with E-state index in [1.54, 1.807) is 0 Å². The number of carbonyl (C=O) groups excluding carboxylic acids is 1. The Morgan fingerprint density at radius 3 is 2.50 bits per heavy atom. The SMILES string of the molecule is Cc1ccc(C=O)c(-c2ccccc2Cl)c1. The monoisotopic (exact) mass is 230 g/mol. The lowest BCUT2D eigenvalue weighted by Gasteiger charge is -2.08. The molecule has 0 spiro atoms. The Kier molecular flexibility index (Phi) is 3.07. The Bertz CT molecular complexity index is 532. The van der Waals surface area contributed by atoms with Crippen LogP contribution in [0, 0.1) is 6.92 Å². The van der Waals surface area contributed by atoms with Gasteiger partial charge in [0.2, 0.25) is 0 Å². The fourth-order valence-electron chi connectivity index (χ4n) is 1.69. The van der Waals surface area contributed by atoms with E-state index in [0.29, 0.717) is 10.6 Å². The molecular weight excluding hydrogens is 220 g/mol.